The lowest BCUT2D eigenvalue weighted by atomic mass is 9.93. The van der Waals surface area contributed by atoms with Gasteiger partial charge in [-0.15, -0.1) is 11.3 Å². The zero-order chi connectivity index (χ0) is 32.6. The first-order chi connectivity index (χ1) is 24.2. The first-order valence-corrected chi connectivity index (χ1v) is 17.0. The number of aromatic nitrogens is 2. The molecular formula is C44H24N4S. The van der Waals surface area contributed by atoms with E-state index in [4.69, 9.17) is 0 Å². The normalized spacial score (nSPS) is 11.6. The number of hydrogen-bond acceptors (Lipinski definition) is 3. The Morgan fingerprint density at radius 1 is 0.429 bits per heavy atom. The SMILES string of the molecule is N#Cc1ccc(-n2c3ccccc3c3cc4c(cc32)sc2ccccc24)cc1-c1c(C#N)cccc1-n1c2ccccc2c2ccccc21. The van der Waals surface area contributed by atoms with Crippen molar-refractivity contribution in [3.63, 3.8) is 0 Å². The minimum atomic E-state index is 0.515. The lowest BCUT2D eigenvalue weighted by Crippen LogP contribution is -2.02. The summed E-state index contributed by atoms with van der Waals surface area (Å²) in [5.41, 5.74) is 8.57. The summed E-state index contributed by atoms with van der Waals surface area (Å²) >= 11 is 1.81. The number of benzene rings is 7. The van der Waals surface area contributed by atoms with Gasteiger partial charge in [-0.3, -0.25) is 0 Å². The second kappa shape index (κ2) is 10.4. The molecule has 0 aliphatic heterocycles. The van der Waals surface area contributed by atoms with Crippen LogP contribution in [-0.2, 0) is 0 Å². The van der Waals surface area contributed by atoms with Gasteiger partial charge >= 0.3 is 0 Å². The highest BCUT2D eigenvalue weighted by molar-refractivity contribution is 7.25. The van der Waals surface area contributed by atoms with Crippen molar-refractivity contribution >= 4 is 75.1 Å². The second-order valence-corrected chi connectivity index (χ2v) is 13.4. The molecule has 3 aromatic heterocycles. The number of thiophene rings is 1. The molecule has 0 N–H and O–H groups in total. The second-order valence-electron chi connectivity index (χ2n) is 12.3. The zero-order valence-electron chi connectivity index (χ0n) is 26.1. The van der Waals surface area contributed by atoms with Crippen LogP contribution in [0.2, 0.25) is 0 Å². The Morgan fingerprint density at radius 2 is 1.04 bits per heavy atom. The highest BCUT2D eigenvalue weighted by atomic mass is 32.1. The van der Waals surface area contributed by atoms with Crippen LogP contribution in [0.1, 0.15) is 11.1 Å². The molecule has 10 aromatic rings. The van der Waals surface area contributed by atoms with E-state index in [2.05, 4.69) is 130 Å². The highest BCUT2D eigenvalue weighted by Crippen LogP contribution is 2.43. The number of hydrogen-bond donors (Lipinski definition) is 0. The maximum atomic E-state index is 10.5. The Morgan fingerprint density at radius 3 is 1.73 bits per heavy atom. The number of nitriles is 2. The Bertz CT molecular complexity index is 3030. The van der Waals surface area contributed by atoms with Gasteiger partial charge in [0.2, 0.25) is 0 Å². The third-order valence-electron chi connectivity index (χ3n) is 9.81. The van der Waals surface area contributed by atoms with Gasteiger partial charge in [0.15, 0.2) is 0 Å². The number of para-hydroxylation sites is 3. The summed E-state index contributed by atoms with van der Waals surface area (Å²) in [6.07, 6.45) is 0. The number of fused-ring (bicyclic) bond motifs is 9. The average Bonchev–Trinajstić information content (AvgIpc) is 3.80. The van der Waals surface area contributed by atoms with Crippen molar-refractivity contribution in [3.8, 4) is 34.6 Å². The molecular weight excluding hydrogens is 617 g/mol. The van der Waals surface area contributed by atoms with Gasteiger partial charge in [-0.2, -0.15) is 10.5 Å². The van der Waals surface area contributed by atoms with E-state index in [0.29, 0.717) is 11.1 Å². The highest BCUT2D eigenvalue weighted by Gasteiger charge is 2.22. The number of rotatable bonds is 3. The van der Waals surface area contributed by atoms with Crippen molar-refractivity contribution in [2.75, 3.05) is 0 Å². The van der Waals surface area contributed by atoms with Gasteiger partial charge in [-0.25, -0.2) is 0 Å². The molecule has 0 aliphatic carbocycles. The largest absolute Gasteiger partial charge is 0.309 e. The topological polar surface area (TPSA) is 57.4 Å². The van der Waals surface area contributed by atoms with Crippen molar-refractivity contribution in [3.05, 3.63) is 157 Å². The standard InChI is InChI=1S/C44H24N4S/c45-25-27-20-21-29(47-37-15-5-3-13-32(37)35-23-36-33-14-4-8-19-42(33)49-43(36)24-41(35)47)22-34(27)44-28(26-46)10-9-18-40(44)48-38-16-6-1-11-30(38)31-12-2-7-17-39(31)48/h1-24H. The summed E-state index contributed by atoms with van der Waals surface area (Å²) in [5.74, 6) is 0. The van der Waals surface area contributed by atoms with E-state index in [1.807, 2.05) is 47.7 Å². The smallest absolute Gasteiger partial charge is 0.0998 e. The van der Waals surface area contributed by atoms with Crippen molar-refractivity contribution in [2.45, 2.75) is 0 Å². The van der Waals surface area contributed by atoms with Gasteiger partial charge in [0, 0.05) is 58.5 Å². The molecule has 226 valence electrons. The lowest BCUT2D eigenvalue weighted by Gasteiger charge is -2.18. The van der Waals surface area contributed by atoms with Gasteiger partial charge in [0.05, 0.1) is 51.0 Å². The van der Waals surface area contributed by atoms with Crippen LogP contribution in [0, 0.1) is 22.7 Å². The van der Waals surface area contributed by atoms with Gasteiger partial charge in [0.25, 0.3) is 0 Å². The van der Waals surface area contributed by atoms with Gasteiger partial charge in [0.1, 0.15) is 0 Å². The van der Waals surface area contributed by atoms with Crippen molar-refractivity contribution < 1.29 is 0 Å². The van der Waals surface area contributed by atoms with Crippen LogP contribution >= 0.6 is 11.3 Å². The quantitative estimate of drug-likeness (QED) is 0.193. The van der Waals surface area contributed by atoms with E-state index in [1.54, 1.807) is 0 Å². The molecule has 0 aliphatic rings. The van der Waals surface area contributed by atoms with E-state index in [0.717, 1.165) is 55.3 Å². The molecule has 0 fully saturated rings. The minimum absolute atomic E-state index is 0.515. The number of nitrogens with zero attached hydrogens (tertiary/aromatic N) is 4. The summed E-state index contributed by atoms with van der Waals surface area (Å²) in [7, 11) is 0. The fourth-order valence-electron chi connectivity index (χ4n) is 7.73. The third-order valence-corrected chi connectivity index (χ3v) is 10.9. The van der Waals surface area contributed by atoms with Crippen LogP contribution < -0.4 is 0 Å². The van der Waals surface area contributed by atoms with E-state index in [9.17, 15) is 10.5 Å². The molecule has 4 nitrogen and oxygen atoms in total. The van der Waals surface area contributed by atoms with Crippen LogP contribution in [0.25, 0.3) is 86.3 Å². The van der Waals surface area contributed by atoms with Crippen LogP contribution in [0.15, 0.2) is 146 Å². The molecule has 0 amide bonds. The molecule has 3 heterocycles. The molecule has 0 saturated carbocycles. The zero-order valence-corrected chi connectivity index (χ0v) is 26.9. The summed E-state index contributed by atoms with van der Waals surface area (Å²) in [6.45, 7) is 0. The third kappa shape index (κ3) is 3.88. The van der Waals surface area contributed by atoms with Gasteiger partial charge in [-0.05, 0) is 66.7 Å². The summed E-state index contributed by atoms with van der Waals surface area (Å²) in [4.78, 5) is 0. The predicted molar refractivity (Wildman–Crippen MR) is 203 cm³/mol. The first-order valence-electron chi connectivity index (χ1n) is 16.1. The van der Waals surface area contributed by atoms with Gasteiger partial charge < -0.3 is 9.13 Å². The van der Waals surface area contributed by atoms with Crippen LogP contribution in [0.5, 0.6) is 0 Å². The van der Waals surface area contributed by atoms with E-state index in [1.165, 1.54) is 30.9 Å². The predicted octanol–water partition coefficient (Wildman–Crippen LogP) is 11.7. The Balaban J connectivity index is 1.29. The molecule has 0 spiro atoms. The van der Waals surface area contributed by atoms with Crippen molar-refractivity contribution in [1.82, 2.24) is 9.13 Å². The Kier molecular flexibility index (Phi) is 5.84. The van der Waals surface area contributed by atoms with Crippen molar-refractivity contribution in [1.29, 1.82) is 10.5 Å². The monoisotopic (exact) mass is 640 g/mol. The minimum Gasteiger partial charge on any atom is -0.309 e. The summed E-state index contributed by atoms with van der Waals surface area (Å²) in [6, 6.07) is 55.2. The van der Waals surface area contributed by atoms with Crippen LogP contribution in [0.4, 0.5) is 0 Å². The Hall–Kier alpha value is -6.66. The first kappa shape index (κ1) is 27.5. The molecule has 0 saturated heterocycles. The van der Waals surface area contributed by atoms with E-state index < -0.39 is 0 Å². The van der Waals surface area contributed by atoms with E-state index >= 15 is 0 Å². The van der Waals surface area contributed by atoms with Gasteiger partial charge in [-0.1, -0.05) is 78.9 Å². The molecule has 7 aromatic carbocycles. The maximum absolute atomic E-state index is 10.5. The van der Waals surface area contributed by atoms with Crippen molar-refractivity contribution in [2.24, 2.45) is 0 Å². The summed E-state index contributed by atoms with van der Waals surface area (Å²) < 4.78 is 7.03. The summed E-state index contributed by atoms with van der Waals surface area (Å²) in [5, 5.41) is 28.2. The fourth-order valence-corrected chi connectivity index (χ4v) is 8.85. The average molecular weight is 641 g/mol. The van der Waals surface area contributed by atoms with Crippen LogP contribution in [0.3, 0.4) is 0 Å². The molecule has 0 bridgehead atoms. The molecule has 0 radical (unpaired) electrons. The van der Waals surface area contributed by atoms with E-state index in [-0.39, 0.29) is 0 Å². The van der Waals surface area contributed by atoms with Crippen LogP contribution in [-0.4, -0.2) is 9.13 Å². The fraction of sp³-hybridized carbons (Fsp3) is 0. The molecule has 10 rings (SSSR count). The lowest BCUT2D eigenvalue weighted by molar-refractivity contribution is 1.17. The molecule has 49 heavy (non-hydrogen) atoms. The maximum Gasteiger partial charge on any atom is 0.0998 e. The molecule has 5 heteroatoms. The molecule has 0 atom stereocenters. The Labute approximate surface area is 285 Å². The molecule has 0 unspecified atom stereocenters.